The molecule has 164 valence electrons. The SMILES string of the molecule is N=C(N)Cn1cc(NC(=O)c2cnn3cccnc23)c(-c2cc(OC(F)F)ccc2O)n1. The number of carbonyl (C=O) groups excluding carboxylic acids is 1. The van der Waals surface area contributed by atoms with E-state index in [0.717, 1.165) is 12.1 Å². The van der Waals surface area contributed by atoms with Crippen molar-refractivity contribution in [3.63, 3.8) is 0 Å². The van der Waals surface area contributed by atoms with Crippen molar-refractivity contribution in [2.24, 2.45) is 5.73 Å². The first kappa shape index (κ1) is 20.7. The number of hydrogen-bond donors (Lipinski definition) is 4. The third kappa shape index (κ3) is 4.16. The van der Waals surface area contributed by atoms with Crippen molar-refractivity contribution in [2.75, 3.05) is 5.32 Å². The monoisotopic (exact) mass is 442 g/mol. The first-order valence-electron chi connectivity index (χ1n) is 9.10. The molecule has 3 aromatic heterocycles. The molecule has 1 amide bonds. The van der Waals surface area contributed by atoms with Crippen LogP contribution in [0.25, 0.3) is 16.9 Å². The molecule has 0 radical (unpaired) electrons. The van der Waals surface area contributed by atoms with Crippen LogP contribution < -0.4 is 15.8 Å². The smallest absolute Gasteiger partial charge is 0.387 e. The van der Waals surface area contributed by atoms with Crippen LogP contribution in [0.2, 0.25) is 0 Å². The van der Waals surface area contributed by atoms with Gasteiger partial charge in [-0.25, -0.2) is 9.50 Å². The third-order valence-corrected chi connectivity index (χ3v) is 4.31. The highest BCUT2D eigenvalue weighted by Crippen LogP contribution is 2.36. The molecule has 3 heterocycles. The van der Waals surface area contributed by atoms with Gasteiger partial charge in [-0.2, -0.15) is 19.0 Å². The van der Waals surface area contributed by atoms with E-state index in [1.165, 1.54) is 33.9 Å². The van der Waals surface area contributed by atoms with Crippen molar-refractivity contribution in [2.45, 2.75) is 13.2 Å². The number of phenols is 1. The van der Waals surface area contributed by atoms with Crippen LogP contribution in [0.3, 0.4) is 0 Å². The van der Waals surface area contributed by atoms with Crippen LogP contribution in [-0.4, -0.2) is 47.8 Å². The Morgan fingerprint density at radius 2 is 2.19 bits per heavy atom. The molecule has 32 heavy (non-hydrogen) atoms. The maximum Gasteiger partial charge on any atom is 0.387 e. The lowest BCUT2D eigenvalue weighted by Gasteiger charge is -2.09. The van der Waals surface area contributed by atoms with Crippen LogP contribution in [0, 0.1) is 5.41 Å². The number of nitrogens with zero attached hydrogens (tertiary/aromatic N) is 5. The fourth-order valence-electron chi connectivity index (χ4n) is 3.03. The number of carbonyl (C=O) groups is 1. The van der Waals surface area contributed by atoms with Gasteiger partial charge in [-0.05, 0) is 24.3 Å². The van der Waals surface area contributed by atoms with Crippen molar-refractivity contribution < 1.29 is 23.4 Å². The second-order valence-corrected chi connectivity index (χ2v) is 6.57. The Kier molecular flexibility index (Phi) is 5.37. The number of halogens is 2. The molecule has 13 heteroatoms. The largest absolute Gasteiger partial charge is 0.507 e. The number of anilines is 1. The van der Waals surface area contributed by atoms with Gasteiger partial charge in [-0.3, -0.25) is 14.9 Å². The summed E-state index contributed by atoms with van der Waals surface area (Å²) in [5.74, 6) is -1.27. The molecule has 11 nitrogen and oxygen atoms in total. The van der Waals surface area contributed by atoms with Gasteiger partial charge in [0, 0.05) is 24.2 Å². The summed E-state index contributed by atoms with van der Waals surface area (Å²) in [5.41, 5.74) is 6.15. The number of aromatic hydroxyl groups is 1. The lowest BCUT2D eigenvalue weighted by molar-refractivity contribution is -0.0498. The molecule has 0 unspecified atom stereocenters. The van der Waals surface area contributed by atoms with E-state index in [1.807, 2.05) is 0 Å². The number of fused-ring (bicyclic) bond motifs is 1. The van der Waals surface area contributed by atoms with Crippen molar-refractivity contribution in [3.8, 4) is 22.8 Å². The second kappa shape index (κ2) is 8.29. The van der Waals surface area contributed by atoms with Gasteiger partial charge in [0.1, 0.15) is 28.6 Å². The molecule has 5 N–H and O–H groups in total. The zero-order chi connectivity index (χ0) is 22.8. The molecular formula is C19H16F2N8O3. The summed E-state index contributed by atoms with van der Waals surface area (Å²) in [6, 6.07) is 5.15. The number of phenolic OH excluding ortho intramolecular Hbond substituents is 1. The molecule has 1 aromatic carbocycles. The Balaban J connectivity index is 1.74. The van der Waals surface area contributed by atoms with Gasteiger partial charge in [0.2, 0.25) is 0 Å². The molecule has 0 aliphatic rings. The van der Waals surface area contributed by atoms with E-state index in [9.17, 15) is 18.7 Å². The van der Waals surface area contributed by atoms with Crippen LogP contribution in [0.5, 0.6) is 11.5 Å². The Labute approximate surface area is 178 Å². The fraction of sp³-hybridized carbons (Fsp3) is 0.105. The number of hydrogen-bond acceptors (Lipinski definition) is 7. The minimum atomic E-state index is -3.06. The minimum Gasteiger partial charge on any atom is -0.507 e. The lowest BCUT2D eigenvalue weighted by atomic mass is 10.1. The molecule has 0 fully saturated rings. The molecule has 0 atom stereocenters. The van der Waals surface area contributed by atoms with Crippen molar-refractivity contribution in [1.82, 2.24) is 24.4 Å². The number of amides is 1. The zero-order valence-electron chi connectivity index (χ0n) is 16.2. The highest BCUT2D eigenvalue weighted by molar-refractivity contribution is 6.09. The van der Waals surface area contributed by atoms with Gasteiger partial charge in [-0.15, -0.1) is 0 Å². The van der Waals surface area contributed by atoms with E-state index in [4.69, 9.17) is 11.1 Å². The van der Waals surface area contributed by atoms with E-state index in [0.29, 0.717) is 5.65 Å². The minimum absolute atomic E-state index is 0.0266. The number of aromatic nitrogens is 5. The van der Waals surface area contributed by atoms with Crippen molar-refractivity contribution in [3.05, 3.63) is 54.6 Å². The van der Waals surface area contributed by atoms with E-state index >= 15 is 0 Å². The fourth-order valence-corrected chi connectivity index (χ4v) is 3.03. The number of ether oxygens (including phenoxy) is 1. The molecule has 0 saturated carbocycles. The second-order valence-electron chi connectivity index (χ2n) is 6.57. The van der Waals surface area contributed by atoms with Gasteiger partial charge in [0.15, 0.2) is 5.65 Å². The van der Waals surface area contributed by atoms with Crippen molar-refractivity contribution >= 4 is 23.1 Å². The summed E-state index contributed by atoms with van der Waals surface area (Å²) in [6.45, 7) is -3.17. The zero-order valence-corrected chi connectivity index (χ0v) is 16.2. The number of nitrogens with one attached hydrogen (secondary N) is 2. The number of nitrogens with two attached hydrogens (primary N) is 1. The summed E-state index contributed by atoms with van der Waals surface area (Å²) in [7, 11) is 0. The van der Waals surface area contributed by atoms with Gasteiger partial charge < -0.3 is 20.9 Å². The molecule has 0 spiro atoms. The summed E-state index contributed by atoms with van der Waals surface area (Å²) in [5, 5.41) is 28.7. The first-order chi connectivity index (χ1) is 15.3. The third-order valence-electron chi connectivity index (χ3n) is 4.31. The Hall–Kier alpha value is -4.55. The van der Waals surface area contributed by atoms with Crippen LogP contribution in [0.15, 0.2) is 49.1 Å². The van der Waals surface area contributed by atoms with E-state index < -0.39 is 12.5 Å². The quantitative estimate of drug-likeness (QED) is 0.252. The summed E-state index contributed by atoms with van der Waals surface area (Å²) >= 11 is 0. The van der Waals surface area contributed by atoms with Gasteiger partial charge in [0.25, 0.3) is 5.91 Å². The Morgan fingerprint density at radius 1 is 1.38 bits per heavy atom. The number of alkyl halides is 2. The number of benzene rings is 1. The number of amidine groups is 1. The van der Waals surface area contributed by atoms with Crippen LogP contribution in [0.4, 0.5) is 14.5 Å². The highest BCUT2D eigenvalue weighted by Gasteiger charge is 2.21. The van der Waals surface area contributed by atoms with Crippen molar-refractivity contribution in [1.29, 1.82) is 5.41 Å². The normalized spacial score (nSPS) is 11.1. The topological polar surface area (TPSA) is 156 Å². The molecule has 0 saturated heterocycles. The van der Waals surface area contributed by atoms with E-state index in [1.54, 1.807) is 12.3 Å². The molecule has 0 aliphatic carbocycles. The van der Waals surface area contributed by atoms with E-state index in [-0.39, 0.29) is 46.4 Å². The highest BCUT2D eigenvalue weighted by atomic mass is 19.3. The molecular weight excluding hydrogens is 426 g/mol. The Morgan fingerprint density at radius 3 is 2.94 bits per heavy atom. The van der Waals surface area contributed by atoms with Crippen LogP contribution in [0.1, 0.15) is 10.4 Å². The first-order valence-corrected chi connectivity index (χ1v) is 9.10. The Bertz CT molecular complexity index is 1320. The van der Waals surface area contributed by atoms with E-state index in [2.05, 4.69) is 25.2 Å². The standard InChI is InChI=1S/C19H16F2N8O3/c20-19(21)32-10-2-3-14(30)11(6-10)16-13(8-28(27-16)9-15(22)23)26-18(31)12-7-25-29-5-1-4-24-17(12)29/h1-8,19,30H,9H2,(H3,22,23)(H,26,31). The molecule has 0 aliphatic heterocycles. The maximum atomic E-state index is 12.9. The number of rotatable bonds is 7. The predicted octanol–water partition coefficient (Wildman–Crippen LogP) is 2.09. The van der Waals surface area contributed by atoms with Gasteiger partial charge >= 0.3 is 6.61 Å². The van der Waals surface area contributed by atoms with Gasteiger partial charge in [0.05, 0.1) is 18.4 Å². The summed E-state index contributed by atoms with van der Waals surface area (Å²) in [6.07, 6.45) is 5.87. The summed E-state index contributed by atoms with van der Waals surface area (Å²) < 4.78 is 32.3. The lowest BCUT2D eigenvalue weighted by Crippen LogP contribution is -2.18. The maximum absolute atomic E-state index is 12.9. The van der Waals surface area contributed by atoms with Gasteiger partial charge in [-0.1, -0.05) is 0 Å². The van der Waals surface area contributed by atoms with Crippen LogP contribution in [-0.2, 0) is 6.54 Å². The average Bonchev–Trinajstić information content (AvgIpc) is 3.32. The molecule has 0 bridgehead atoms. The molecule has 4 rings (SSSR count). The average molecular weight is 442 g/mol. The van der Waals surface area contributed by atoms with Crippen LogP contribution >= 0.6 is 0 Å². The molecule has 4 aromatic rings. The summed E-state index contributed by atoms with van der Waals surface area (Å²) in [4.78, 5) is 17.0. The predicted molar refractivity (Wildman–Crippen MR) is 109 cm³/mol.